The molecule has 0 aromatic heterocycles. The molecule has 0 radical (unpaired) electrons. The Morgan fingerprint density at radius 1 is 1.20 bits per heavy atom. The van der Waals surface area contributed by atoms with Gasteiger partial charge < -0.3 is 20.2 Å². The second kappa shape index (κ2) is 7.87. The molecule has 112 valence electrons. The number of amides is 2. The molecule has 0 saturated carbocycles. The summed E-state index contributed by atoms with van der Waals surface area (Å²) in [5.41, 5.74) is 2.31. The zero-order chi connectivity index (χ0) is 15.1. The van der Waals surface area contributed by atoms with Crippen molar-refractivity contribution in [2.45, 2.75) is 26.1 Å². The van der Waals surface area contributed by atoms with Crippen LogP contribution in [-0.2, 0) is 13.1 Å². The van der Waals surface area contributed by atoms with Crippen molar-refractivity contribution in [3.8, 4) is 0 Å². The van der Waals surface area contributed by atoms with Gasteiger partial charge in [0.2, 0.25) is 0 Å². The van der Waals surface area contributed by atoms with Crippen molar-refractivity contribution in [3.05, 3.63) is 35.4 Å². The Morgan fingerprint density at radius 3 is 2.25 bits per heavy atom. The first-order valence-electron chi connectivity index (χ1n) is 6.78. The maximum absolute atomic E-state index is 11.8. The molecule has 1 unspecified atom stereocenters. The third-order valence-electron chi connectivity index (χ3n) is 2.85. The fraction of sp³-hybridized carbons (Fsp3) is 0.533. The van der Waals surface area contributed by atoms with Crippen molar-refractivity contribution in [2.24, 2.45) is 0 Å². The highest BCUT2D eigenvalue weighted by molar-refractivity contribution is 5.73. The van der Waals surface area contributed by atoms with Crippen molar-refractivity contribution in [1.29, 1.82) is 0 Å². The molecule has 2 amide bonds. The Balaban J connectivity index is 2.43. The number of nitrogens with zero attached hydrogens (tertiary/aromatic N) is 2. The highest BCUT2D eigenvalue weighted by Gasteiger charge is 2.09. The lowest BCUT2D eigenvalue weighted by atomic mass is 10.1. The smallest absolute Gasteiger partial charge is 0.317 e. The van der Waals surface area contributed by atoms with Gasteiger partial charge in [0, 0.05) is 26.7 Å². The minimum absolute atomic E-state index is 0.178. The van der Waals surface area contributed by atoms with Gasteiger partial charge >= 0.3 is 6.03 Å². The van der Waals surface area contributed by atoms with Crippen LogP contribution in [0.2, 0.25) is 0 Å². The molecule has 0 fully saturated rings. The van der Waals surface area contributed by atoms with Gasteiger partial charge in [-0.1, -0.05) is 24.3 Å². The standard InChI is InChI=1S/C15H25N3O2/c1-12(19)10-18(4)15(20)16-9-13-5-7-14(8-6-13)11-17(2)3/h5-8,12,19H,9-11H2,1-4H3,(H,16,20). The molecule has 0 heterocycles. The van der Waals surface area contributed by atoms with E-state index in [0.717, 1.165) is 12.1 Å². The number of hydrogen-bond donors (Lipinski definition) is 2. The number of benzene rings is 1. The lowest BCUT2D eigenvalue weighted by Gasteiger charge is -2.19. The molecular weight excluding hydrogens is 254 g/mol. The van der Waals surface area contributed by atoms with Crippen LogP contribution in [0.4, 0.5) is 4.79 Å². The van der Waals surface area contributed by atoms with Gasteiger partial charge in [-0.25, -0.2) is 4.79 Å². The first kappa shape index (κ1) is 16.5. The Kier molecular flexibility index (Phi) is 6.48. The summed E-state index contributed by atoms with van der Waals surface area (Å²) in [7, 11) is 5.74. The first-order chi connectivity index (χ1) is 9.38. The summed E-state index contributed by atoms with van der Waals surface area (Å²) in [6.45, 7) is 3.38. The van der Waals surface area contributed by atoms with Crippen molar-refractivity contribution >= 4 is 6.03 Å². The molecule has 1 aromatic carbocycles. The van der Waals surface area contributed by atoms with E-state index in [1.54, 1.807) is 14.0 Å². The highest BCUT2D eigenvalue weighted by Crippen LogP contribution is 2.06. The number of aliphatic hydroxyl groups excluding tert-OH is 1. The summed E-state index contributed by atoms with van der Waals surface area (Å²) in [5.74, 6) is 0. The Bertz CT molecular complexity index is 416. The molecule has 0 aliphatic rings. The number of nitrogens with one attached hydrogen (secondary N) is 1. The van der Waals surface area contributed by atoms with Gasteiger partial charge in [0.25, 0.3) is 0 Å². The van der Waals surface area contributed by atoms with E-state index in [-0.39, 0.29) is 6.03 Å². The van der Waals surface area contributed by atoms with Crippen LogP contribution in [0.15, 0.2) is 24.3 Å². The molecule has 0 aliphatic carbocycles. The van der Waals surface area contributed by atoms with Gasteiger partial charge in [0.05, 0.1) is 6.10 Å². The normalized spacial score (nSPS) is 12.3. The lowest BCUT2D eigenvalue weighted by Crippen LogP contribution is -2.40. The molecule has 2 N–H and O–H groups in total. The van der Waals surface area contributed by atoms with Crippen LogP contribution < -0.4 is 5.32 Å². The van der Waals surface area contributed by atoms with Crippen LogP contribution in [0.5, 0.6) is 0 Å². The monoisotopic (exact) mass is 279 g/mol. The van der Waals surface area contributed by atoms with Crippen molar-refractivity contribution in [3.63, 3.8) is 0 Å². The van der Waals surface area contributed by atoms with Crippen LogP contribution in [0, 0.1) is 0 Å². The highest BCUT2D eigenvalue weighted by atomic mass is 16.3. The minimum Gasteiger partial charge on any atom is -0.392 e. The Morgan fingerprint density at radius 2 is 1.75 bits per heavy atom. The topological polar surface area (TPSA) is 55.8 Å². The van der Waals surface area contributed by atoms with E-state index in [9.17, 15) is 9.90 Å². The lowest BCUT2D eigenvalue weighted by molar-refractivity contribution is 0.143. The SMILES string of the molecule is CC(O)CN(C)C(=O)NCc1ccc(CN(C)C)cc1. The largest absolute Gasteiger partial charge is 0.392 e. The van der Waals surface area contributed by atoms with Gasteiger partial charge in [-0.2, -0.15) is 0 Å². The molecule has 0 aliphatic heterocycles. The number of urea groups is 1. The van der Waals surface area contributed by atoms with Gasteiger partial charge in [0.1, 0.15) is 0 Å². The molecule has 0 spiro atoms. The van der Waals surface area contributed by atoms with E-state index in [1.807, 2.05) is 26.2 Å². The van der Waals surface area contributed by atoms with Crippen LogP contribution in [0.1, 0.15) is 18.1 Å². The first-order valence-corrected chi connectivity index (χ1v) is 6.78. The van der Waals surface area contributed by atoms with Crippen molar-refractivity contribution in [1.82, 2.24) is 15.1 Å². The van der Waals surface area contributed by atoms with E-state index in [4.69, 9.17) is 0 Å². The van der Waals surface area contributed by atoms with Gasteiger partial charge in [-0.05, 0) is 32.1 Å². The van der Waals surface area contributed by atoms with Crippen LogP contribution in [-0.4, -0.2) is 54.7 Å². The second-order valence-electron chi connectivity index (χ2n) is 5.44. The number of rotatable bonds is 6. The fourth-order valence-corrected chi connectivity index (χ4v) is 1.92. The predicted octanol–water partition coefficient (Wildman–Crippen LogP) is 1.27. The molecule has 5 heteroatoms. The average Bonchev–Trinajstić information content (AvgIpc) is 2.36. The number of aliphatic hydroxyl groups is 1. The van der Waals surface area contributed by atoms with E-state index in [0.29, 0.717) is 13.1 Å². The molecule has 1 aromatic rings. The summed E-state index contributed by atoms with van der Waals surface area (Å²) < 4.78 is 0. The maximum Gasteiger partial charge on any atom is 0.317 e. The summed E-state index contributed by atoms with van der Waals surface area (Å²) >= 11 is 0. The fourth-order valence-electron chi connectivity index (χ4n) is 1.92. The van der Waals surface area contributed by atoms with Crippen molar-refractivity contribution in [2.75, 3.05) is 27.7 Å². The Hall–Kier alpha value is -1.59. The Labute approximate surface area is 121 Å². The van der Waals surface area contributed by atoms with Gasteiger partial charge in [0.15, 0.2) is 0 Å². The molecule has 1 atom stereocenters. The molecular formula is C15H25N3O2. The molecule has 1 rings (SSSR count). The number of hydrogen-bond acceptors (Lipinski definition) is 3. The quantitative estimate of drug-likeness (QED) is 0.824. The third kappa shape index (κ3) is 6.04. The van der Waals surface area contributed by atoms with E-state index < -0.39 is 6.10 Å². The summed E-state index contributed by atoms with van der Waals surface area (Å²) in [4.78, 5) is 15.4. The van der Waals surface area contributed by atoms with E-state index in [1.165, 1.54) is 10.5 Å². The summed E-state index contributed by atoms with van der Waals surface area (Å²) in [6.07, 6.45) is -0.518. The summed E-state index contributed by atoms with van der Waals surface area (Å²) in [5, 5.41) is 12.1. The van der Waals surface area contributed by atoms with Crippen LogP contribution >= 0.6 is 0 Å². The number of carbonyl (C=O) groups is 1. The van der Waals surface area contributed by atoms with E-state index in [2.05, 4.69) is 22.3 Å². The number of carbonyl (C=O) groups excluding carboxylic acids is 1. The van der Waals surface area contributed by atoms with E-state index >= 15 is 0 Å². The zero-order valence-electron chi connectivity index (χ0n) is 12.8. The van der Waals surface area contributed by atoms with Gasteiger partial charge in [-0.3, -0.25) is 0 Å². The third-order valence-corrected chi connectivity index (χ3v) is 2.85. The average molecular weight is 279 g/mol. The molecule has 0 saturated heterocycles. The predicted molar refractivity (Wildman–Crippen MR) is 80.4 cm³/mol. The zero-order valence-corrected chi connectivity index (χ0v) is 12.8. The second-order valence-corrected chi connectivity index (χ2v) is 5.44. The minimum atomic E-state index is -0.518. The maximum atomic E-state index is 11.8. The molecule has 0 bridgehead atoms. The van der Waals surface area contributed by atoms with Crippen LogP contribution in [0.3, 0.4) is 0 Å². The number of likely N-dealkylation sites (N-methyl/N-ethyl adjacent to an activating group) is 1. The summed E-state index contributed by atoms with van der Waals surface area (Å²) in [6, 6.07) is 8.01. The van der Waals surface area contributed by atoms with Gasteiger partial charge in [-0.15, -0.1) is 0 Å². The van der Waals surface area contributed by atoms with Crippen LogP contribution in [0.25, 0.3) is 0 Å². The molecule has 5 nitrogen and oxygen atoms in total. The molecule has 20 heavy (non-hydrogen) atoms. The van der Waals surface area contributed by atoms with Crippen molar-refractivity contribution < 1.29 is 9.90 Å².